The standard InChI is InChI=1S/C19H21N5O3S/c1-10-14(11(2)22-19(21-10)28-9-17(20)25)5-7-18(26)24-13-4-6-16-15(8-13)23-12(3)27-16/h4,6,8H,5,7,9H2,1-3H3,(H2,20,25)(H,24,26). The van der Waals surface area contributed by atoms with Crippen LogP contribution < -0.4 is 11.1 Å². The Balaban J connectivity index is 1.62. The Morgan fingerprint density at radius 3 is 2.54 bits per heavy atom. The van der Waals surface area contributed by atoms with E-state index in [4.69, 9.17) is 10.2 Å². The molecule has 0 unspecified atom stereocenters. The van der Waals surface area contributed by atoms with Gasteiger partial charge in [-0.05, 0) is 44.0 Å². The third kappa shape index (κ3) is 4.86. The van der Waals surface area contributed by atoms with E-state index in [1.54, 1.807) is 25.1 Å². The van der Waals surface area contributed by atoms with Gasteiger partial charge in [-0.25, -0.2) is 15.0 Å². The topological polar surface area (TPSA) is 124 Å². The molecule has 2 aromatic heterocycles. The highest BCUT2D eigenvalue weighted by Crippen LogP contribution is 2.21. The lowest BCUT2D eigenvalue weighted by Crippen LogP contribution is -2.15. The van der Waals surface area contributed by atoms with Gasteiger partial charge in [0.25, 0.3) is 0 Å². The second kappa shape index (κ2) is 8.39. The summed E-state index contributed by atoms with van der Waals surface area (Å²) in [5, 5.41) is 3.39. The second-order valence-corrected chi connectivity index (χ2v) is 7.32. The number of aromatic nitrogens is 3. The van der Waals surface area contributed by atoms with Gasteiger partial charge < -0.3 is 15.5 Å². The third-order valence-electron chi connectivity index (χ3n) is 4.12. The first-order chi connectivity index (χ1) is 13.3. The van der Waals surface area contributed by atoms with Crippen LogP contribution in [0.25, 0.3) is 11.1 Å². The number of nitrogens with two attached hydrogens (primary N) is 1. The smallest absolute Gasteiger partial charge is 0.227 e. The van der Waals surface area contributed by atoms with Crippen molar-refractivity contribution in [3.63, 3.8) is 0 Å². The Bertz CT molecular complexity index is 1020. The van der Waals surface area contributed by atoms with Crippen molar-refractivity contribution in [3.8, 4) is 0 Å². The average Bonchev–Trinajstić information content (AvgIpc) is 2.98. The molecule has 8 nitrogen and oxygen atoms in total. The van der Waals surface area contributed by atoms with Crippen LogP contribution in [0, 0.1) is 20.8 Å². The number of hydrogen-bond donors (Lipinski definition) is 2. The highest BCUT2D eigenvalue weighted by atomic mass is 32.2. The maximum absolute atomic E-state index is 12.3. The Morgan fingerprint density at radius 1 is 1.14 bits per heavy atom. The molecule has 3 N–H and O–H groups in total. The third-order valence-corrected chi connectivity index (χ3v) is 4.99. The zero-order valence-corrected chi connectivity index (χ0v) is 16.7. The number of rotatable bonds is 7. The Labute approximate surface area is 166 Å². The van der Waals surface area contributed by atoms with E-state index in [2.05, 4.69) is 20.3 Å². The fourth-order valence-electron chi connectivity index (χ4n) is 2.85. The van der Waals surface area contributed by atoms with Crippen LogP contribution in [-0.2, 0) is 16.0 Å². The number of primary amides is 1. The van der Waals surface area contributed by atoms with Gasteiger partial charge in [0.2, 0.25) is 11.8 Å². The molecule has 0 radical (unpaired) electrons. The van der Waals surface area contributed by atoms with Crippen LogP contribution in [0.1, 0.15) is 29.3 Å². The van der Waals surface area contributed by atoms with E-state index < -0.39 is 5.91 Å². The molecule has 2 heterocycles. The number of carbonyl (C=O) groups is 2. The second-order valence-electron chi connectivity index (χ2n) is 6.37. The van der Waals surface area contributed by atoms with E-state index in [0.29, 0.717) is 40.7 Å². The van der Waals surface area contributed by atoms with Gasteiger partial charge in [0, 0.05) is 30.4 Å². The lowest BCUT2D eigenvalue weighted by molar-refractivity contribution is -0.116. The van der Waals surface area contributed by atoms with Crippen LogP contribution in [-0.4, -0.2) is 32.5 Å². The summed E-state index contributed by atoms with van der Waals surface area (Å²) in [6.07, 6.45) is 0.824. The van der Waals surface area contributed by atoms with Gasteiger partial charge in [-0.1, -0.05) is 11.8 Å². The fourth-order valence-corrected chi connectivity index (χ4v) is 3.53. The van der Waals surface area contributed by atoms with E-state index in [9.17, 15) is 9.59 Å². The highest BCUT2D eigenvalue weighted by Gasteiger charge is 2.12. The number of oxazole rings is 1. The average molecular weight is 399 g/mol. The number of aryl methyl sites for hydroxylation is 3. The normalized spacial score (nSPS) is 11.0. The van der Waals surface area contributed by atoms with Crippen molar-refractivity contribution in [2.24, 2.45) is 5.73 Å². The van der Waals surface area contributed by atoms with E-state index in [1.165, 1.54) is 11.8 Å². The molecule has 3 rings (SSSR count). The van der Waals surface area contributed by atoms with Gasteiger partial charge in [0.1, 0.15) is 5.52 Å². The van der Waals surface area contributed by atoms with Crippen molar-refractivity contribution in [1.29, 1.82) is 0 Å². The SMILES string of the molecule is Cc1nc2cc(NC(=O)CCc3c(C)nc(SCC(N)=O)nc3C)ccc2o1. The lowest BCUT2D eigenvalue weighted by atomic mass is 10.1. The molecule has 0 aliphatic heterocycles. The van der Waals surface area contributed by atoms with Crippen LogP contribution in [0.3, 0.4) is 0 Å². The molecule has 0 fully saturated rings. The number of fused-ring (bicyclic) bond motifs is 1. The maximum Gasteiger partial charge on any atom is 0.227 e. The van der Waals surface area contributed by atoms with Crippen molar-refractivity contribution in [2.75, 3.05) is 11.1 Å². The molecule has 0 saturated carbocycles. The van der Waals surface area contributed by atoms with Crippen LogP contribution in [0.5, 0.6) is 0 Å². The molecule has 0 aliphatic rings. The molecular weight excluding hydrogens is 378 g/mol. The summed E-state index contributed by atoms with van der Waals surface area (Å²) in [5.74, 6) is 0.201. The monoisotopic (exact) mass is 399 g/mol. The molecule has 0 saturated heterocycles. The molecule has 1 aromatic carbocycles. The van der Waals surface area contributed by atoms with Gasteiger partial charge in [-0.15, -0.1) is 0 Å². The molecule has 146 valence electrons. The minimum absolute atomic E-state index is 0.106. The molecule has 9 heteroatoms. The summed E-state index contributed by atoms with van der Waals surface area (Å²) in [6.45, 7) is 5.52. The van der Waals surface area contributed by atoms with Crippen LogP contribution in [0.4, 0.5) is 5.69 Å². The first-order valence-corrected chi connectivity index (χ1v) is 9.72. The largest absolute Gasteiger partial charge is 0.441 e. The van der Waals surface area contributed by atoms with Gasteiger partial charge in [-0.3, -0.25) is 9.59 Å². The molecular formula is C19H21N5O3S. The van der Waals surface area contributed by atoms with Crippen molar-refractivity contribution < 1.29 is 14.0 Å². The van der Waals surface area contributed by atoms with Crippen LogP contribution >= 0.6 is 11.8 Å². The zero-order valence-electron chi connectivity index (χ0n) is 15.9. The van der Waals surface area contributed by atoms with Crippen molar-refractivity contribution >= 4 is 40.4 Å². The van der Waals surface area contributed by atoms with Gasteiger partial charge in [0.15, 0.2) is 16.6 Å². The highest BCUT2D eigenvalue weighted by molar-refractivity contribution is 7.99. The Hall–Kier alpha value is -2.94. The van der Waals surface area contributed by atoms with Crippen molar-refractivity contribution in [3.05, 3.63) is 41.0 Å². The molecule has 3 aromatic rings. The molecule has 28 heavy (non-hydrogen) atoms. The van der Waals surface area contributed by atoms with E-state index in [1.807, 2.05) is 13.8 Å². The van der Waals surface area contributed by atoms with Gasteiger partial charge in [0.05, 0.1) is 5.75 Å². The first kappa shape index (κ1) is 19.8. The minimum atomic E-state index is -0.413. The number of nitrogens with one attached hydrogen (secondary N) is 1. The number of benzene rings is 1. The number of anilines is 1. The predicted octanol–water partition coefficient (Wildman–Crippen LogP) is 2.69. The molecule has 0 spiro atoms. The summed E-state index contributed by atoms with van der Waals surface area (Å²) in [7, 11) is 0. The number of thioether (sulfide) groups is 1. The van der Waals surface area contributed by atoms with Gasteiger partial charge in [-0.2, -0.15) is 0 Å². The fraction of sp³-hybridized carbons (Fsp3) is 0.316. The number of nitrogens with zero attached hydrogens (tertiary/aromatic N) is 3. The van der Waals surface area contributed by atoms with Gasteiger partial charge >= 0.3 is 0 Å². The Kier molecular flexibility index (Phi) is 5.93. The van der Waals surface area contributed by atoms with E-state index >= 15 is 0 Å². The molecule has 0 bridgehead atoms. The summed E-state index contributed by atoms with van der Waals surface area (Å²) in [4.78, 5) is 36.3. The number of hydrogen-bond acceptors (Lipinski definition) is 7. The number of carbonyl (C=O) groups excluding carboxylic acids is 2. The first-order valence-electron chi connectivity index (χ1n) is 8.74. The predicted molar refractivity (Wildman–Crippen MR) is 107 cm³/mol. The summed E-state index contributed by atoms with van der Waals surface area (Å²) in [6, 6.07) is 5.36. The van der Waals surface area contributed by atoms with Crippen LogP contribution in [0.2, 0.25) is 0 Å². The summed E-state index contributed by atoms with van der Waals surface area (Å²) >= 11 is 1.20. The van der Waals surface area contributed by atoms with E-state index in [-0.39, 0.29) is 11.7 Å². The Morgan fingerprint density at radius 2 is 1.86 bits per heavy atom. The zero-order chi connectivity index (χ0) is 20.3. The summed E-state index contributed by atoms with van der Waals surface area (Å²) < 4.78 is 5.43. The molecule has 0 atom stereocenters. The van der Waals surface area contributed by atoms with Crippen LogP contribution in [0.15, 0.2) is 27.8 Å². The van der Waals surface area contributed by atoms with E-state index in [0.717, 1.165) is 17.0 Å². The molecule has 2 amide bonds. The van der Waals surface area contributed by atoms with Crippen molar-refractivity contribution in [1.82, 2.24) is 15.0 Å². The minimum Gasteiger partial charge on any atom is -0.441 e. The molecule has 0 aliphatic carbocycles. The maximum atomic E-state index is 12.3. The quantitative estimate of drug-likeness (QED) is 0.462. The lowest BCUT2D eigenvalue weighted by Gasteiger charge is -2.10. The summed E-state index contributed by atoms with van der Waals surface area (Å²) in [5.41, 5.74) is 9.75. The number of amides is 2. The van der Waals surface area contributed by atoms with Crippen molar-refractivity contribution in [2.45, 2.75) is 38.8 Å².